The van der Waals surface area contributed by atoms with Gasteiger partial charge in [0.25, 0.3) is 5.91 Å². The first-order valence-corrected chi connectivity index (χ1v) is 7.70. The fourth-order valence-corrected chi connectivity index (χ4v) is 3.48. The van der Waals surface area contributed by atoms with Gasteiger partial charge in [0, 0.05) is 5.56 Å². The molecule has 0 saturated carbocycles. The summed E-state index contributed by atoms with van der Waals surface area (Å²) in [4.78, 5) is 15.4. The van der Waals surface area contributed by atoms with Crippen molar-refractivity contribution < 1.29 is 17.9 Å². The Hall–Kier alpha value is -2.09. The lowest BCUT2D eigenvalue weighted by Gasteiger charge is -2.31. The molecular formula is C13H17N3O4S. The molecule has 0 aliphatic carbocycles. The lowest BCUT2D eigenvalue weighted by molar-refractivity contribution is 0.100. The van der Waals surface area contributed by atoms with Crippen molar-refractivity contribution in [3.05, 3.63) is 23.3 Å². The van der Waals surface area contributed by atoms with Crippen molar-refractivity contribution >= 4 is 21.7 Å². The van der Waals surface area contributed by atoms with Crippen LogP contribution in [0, 0.1) is 6.92 Å². The number of guanidine groups is 1. The number of hydrogen-bond donors (Lipinski definition) is 2. The molecule has 2 rings (SSSR count). The molecule has 1 aromatic rings. The Morgan fingerprint density at radius 3 is 2.52 bits per heavy atom. The Kier molecular flexibility index (Phi) is 3.45. The summed E-state index contributed by atoms with van der Waals surface area (Å²) in [5, 5.41) is 0. The van der Waals surface area contributed by atoms with Crippen LogP contribution in [-0.2, 0) is 9.84 Å². The Morgan fingerprint density at radius 1 is 1.33 bits per heavy atom. The number of ether oxygens (including phenoxy) is 1. The third-order valence-electron chi connectivity index (χ3n) is 3.34. The summed E-state index contributed by atoms with van der Waals surface area (Å²) in [5.41, 5.74) is 11.0. The van der Waals surface area contributed by atoms with Crippen molar-refractivity contribution in [1.29, 1.82) is 0 Å². The van der Waals surface area contributed by atoms with E-state index in [1.807, 2.05) is 0 Å². The molecule has 1 heterocycles. The number of carbonyl (C=O) groups excluding carboxylic acids is 1. The summed E-state index contributed by atoms with van der Waals surface area (Å²) >= 11 is 0. The first kappa shape index (κ1) is 15.3. The van der Waals surface area contributed by atoms with E-state index in [4.69, 9.17) is 16.2 Å². The minimum atomic E-state index is -3.61. The molecule has 0 spiro atoms. The minimum Gasteiger partial charge on any atom is -0.491 e. The molecule has 21 heavy (non-hydrogen) atoms. The zero-order chi connectivity index (χ0) is 16.0. The van der Waals surface area contributed by atoms with Gasteiger partial charge >= 0.3 is 0 Å². The van der Waals surface area contributed by atoms with Gasteiger partial charge in [-0.1, -0.05) is 0 Å². The number of aliphatic imine (C=N–C) groups is 1. The van der Waals surface area contributed by atoms with E-state index in [1.54, 1.807) is 20.8 Å². The molecular weight excluding hydrogens is 294 g/mol. The molecule has 114 valence electrons. The molecule has 0 saturated heterocycles. The van der Waals surface area contributed by atoms with Crippen LogP contribution in [0.5, 0.6) is 5.75 Å². The molecule has 1 aliphatic rings. The van der Waals surface area contributed by atoms with Gasteiger partial charge in [-0.3, -0.25) is 4.79 Å². The number of carbonyl (C=O) groups is 1. The smallest absolute Gasteiger partial charge is 0.280 e. The van der Waals surface area contributed by atoms with Crippen molar-refractivity contribution in [2.45, 2.75) is 30.4 Å². The first-order chi connectivity index (χ1) is 9.56. The summed E-state index contributed by atoms with van der Waals surface area (Å²) in [6.07, 6.45) is 0. The highest BCUT2D eigenvalue weighted by molar-refractivity contribution is 7.93. The van der Waals surface area contributed by atoms with Gasteiger partial charge in [0.2, 0.25) is 0 Å². The molecule has 0 atom stereocenters. The number of sulfone groups is 1. The average molecular weight is 311 g/mol. The van der Waals surface area contributed by atoms with Gasteiger partial charge in [0.1, 0.15) is 22.0 Å². The molecule has 1 aliphatic heterocycles. The summed E-state index contributed by atoms with van der Waals surface area (Å²) in [6, 6.07) is 2.78. The predicted octanol–water partition coefficient (Wildman–Crippen LogP) is 0.353. The maximum atomic E-state index is 12.6. The zero-order valence-electron chi connectivity index (χ0n) is 12.0. The van der Waals surface area contributed by atoms with E-state index < -0.39 is 20.5 Å². The number of aryl methyl sites for hydroxylation is 1. The second-order valence-corrected chi connectivity index (χ2v) is 8.06. The third kappa shape index (κ3) is 2.46. The first-order valence-electron chi connectivity index (χ1n) is 6.22. The topological polar surface area (TPSA) is 125 Å². The van der Waals surface area contributed by atoms with E-state index in [0.717, 1.165) is 0 Å². The second-order valence-electron chi connectivity index (χ2n) is 5.51. The van der Waals surface area contributed by atoms with E-state index in [1.165, 1.54) is 12.1 Å². The van der Waals surface area contributed by atoms with E-state index in [-0.39, 0.29) is 28.8 Å². The number of hydrogen-bond acceptors (Lipinski definition) is 4. The quantitative estimate of drug-likeness (QED) is 0.569. The van der Waals surface area contributed by atoms with E-state index in [0.29, 0.717) is 5.56 Å². The highest BCUT2D eigenvalue weighted by Crippen LogP contribution is 2.39. The molecule has 0 aromatic heterocycles. The van der Waals surface area contributed by atoms with Crippen LogP contribution in [0.4, 0.5) is 0 Å². The largest absolute Gasteiger partial charge is 0.491 e. The number of nitrogens with two attached hydrogens (primary N) is 2. The average Bonchev–Trinajstić information content (AvgIpc) is 2.33. The van der Waals surface area contributed by atoms with Gasteiger partial charge in [0.15, 0.2) is 15.8 Å². The third-order valence-corrected chi connectivity index (χ3v) is 5.81. The standard InChI is InChI=1S/C13H17N3O4S/c1-7-4-9-10(5-8(7)11(17)16-12(14)15)21(18,19)13(2,3)6-20-9/h4-5H,6H2,1-3H3,(H4,14,15,16,17). The van der Waals surface area contributed by atoms with Crippen LogP contribution in [0.3, 0.4) is 0 Å². The number of fused-ring (bicyclic) bond motifs is 1. The monoisotopic (exact) mass is 311 g/mol. The second kappa shape index (κ2) is 4.73. The molecule has 0 unspecified atom stereocenters. The maximum absolute atomic E-state index is 12.6. The lowest BCUT2D eigenvalue weighted by Crippen LogP contribution is -2.42. The van der Waals surface area contributed by atoms with Gasteiger partial charge in [-0.05, 0) is 38.5 Å². The summed E-state index contributed by atoms with van der Waals surface area (Å²) < 4.78 is 29.5. The van der Waals surface area contributed by atoms with Crippen molar-refractivity contribution in [1.82, 2.24) is 0 Å². The maximum Gasteiger partial charge on any atom is 0.280 e. The fourth-order valence-electron chi connectivity index (χ4n) is 2.02. The molecule has 0 fully saturated rings. The molecule has 1 aromatic carbocycles. The normalized spacial score (nSPS) is 18.2. The van der Waals surface area contributed by atoms with Crippen LogP contribution in [0.1, 0.15) is 29.8 Å². The summed E-state index contributed by atoms with van der Waals surface area (Å²) in [5.74, 6) is -0.821. The molecule has 8 heteroatoms. The Bertz CT molecular complexity index is 747. The van der Waals surface area contributed by atoms with E-state index in [2.05, 4.69) is 4.99 Å². The van der Waals surface area contributed by atoms with Gasteiger partial charge in [-0.15, -0.1) is 0 Å². The highest BCUT2D eigenvalue weighted by atomic mass is 32.2. The Morgan fingerprint density at radius 2 is 1.95 bits per heavy atom. The van der Waals surface area contributed by atoms with Crippen LogP contribution in [0.2, 0.25) is 0 Å². The molecule has 0 bridgehead atoms. The molecule has 4 N–H and O–H groups in total. The lowest BCUT2D eigenvalue weighted by atomic mass is 10.1. The van der Waals surface area contributed by atoms with Gasteiger partial charge in [-0.25, -0.2) is 8.42 Å². The molecule has 7 nitrogen and oxygen atoms in total. The van der Waals surface area contributed by atoms with Crippen LogP contribution in [0.25, 0.3) is 0 Å². The fraction of sp³-hybridized carbons (Fsp3) is 0.385. The van der Waals surface area contributed by atoms with Gasteiger partial charge < -0.3 is 16.2 Å². The van der Waals surface area contributed by atoms with Crippen LogP contribution < -0.4 is 16.2 Å². The van der Waals surface area contributed by atoms with Crippen molar-refractivity contribution in [2.24, 2.45) is 16.5 Å². The predicted molar refractivity (Wildman–Crippen MR) is 78.1 cm³/mol. The molecule has 1 amide bonds. The van der Waals surface area contributed by atoms with Crippen molar-refractivity contribution in [2.75, 3.05) is 6.61 Å². The van der Waals surface area contributed by atoms with Crippen LogP contribution in [-0.4, -0.2) is 31.6 Å². The highest BCUT2D eigenvalue weighted by Gasteiger charge is 2.42. The minimum absolute atomic E-state index is 0.0153. The number of benzene rings is 1. The van der Waals surface area contributed by atoms with Crippen molar-refractivity contribution in [3.8, 4) is 5.75 Å². The zero-order valence-corrected chi connectivity index (χ0v) is 12.8. The van der Waals surface area contributed by atoms with Crippen LogP contribution in [0.15, 0.2) is 22.0 Å². The summed E-state index contributed by atoms with van der Waals surface area (Å²) in [6.45, 7) is 4.86. The Balaban J connectivity index is 2.66. The van der Waals surface area contributed by atoms with E-state index in [9.17, 15) is 13.2 Å². The molecule has 0 radical (unpaired) electrons. The van der Waals surface area contributed by atoms with Crippen LogP contribution >= 0.6 is 0 Å². The number of rotatable bonds is 1. The van der Waals surface area contributed by atoms with E-state index >= 15 is 0 Å². The summed E-state index contributed by atoms with van der Waals surface area (Å²) in [7, 11) is -3.61. The van der Waals surface area contributed by atoms with Gasteiger partial charge in [0.05, 0.1) is 0 Å². The number of nitrogens with zero attached hydrogens (tertiary/aromatic N) is 1. The van der Waals surface area contributed by atoms with Crippen molar-refractivity contribution in [3.63, 3.8) is 0 Å². The SMILES string of the molecule is Cc1cc2c(cc1C(=O)N=C(N)N)S(=O)(=O)C(C)(C)CO2. The number of amides is 1. The Labute approximate surface area is 122 Å². The van der Waals surface area contributed by atoms with Gasteiger partial charge in [-0.2, -0.15) is 4.99 Å².